The second kappa shape index (κ2) is 5.08. The van der Waals surface area contributed by atoms with Gasteiger partial charge in [-0.2, -0.15) is 0 Å². The van der Waals surface area contributed by atoms with Crippen LogP contribution in [0.15, 0.2) is 42.7 Å². The van der Waals surface area contributed by atoms with Gasteiger partial charge >= 0.3 is 0 Å². The fourth-order valence-corrected chi connectivity index (χ4v) is 2.72. The molecule has 0 N–H and O–H groups in total. The lowest BCUT2D eigenvalue weighted by Crippen LogP contribution is -1.94. The number of fused-ring (bicyclic) bond motifs is 2. The first kappa shape index (κ1) is 12.9. The van der Waals surface area contributed by atoms with Crippen molar-refractivity contribution in [3.63, 3.8) is 0 Å². The summed E-state index contributed by atoms with van der Waals surface area (Å²) < 4.78 is 32.0. The highest BCUT2D eigenvalue weighted by Crippen LogP contribution is 2.34. The average Bonchev–Trinajstić information content (AvgIpc) is 2.57. The van der Waals surface area contributed by atoms with Gasteiger partial charge in [-0.05, 0) is 59.4 Å². The quantitative estimate of drug-likeness (QED) is 0.710. The molecule has 0 spiro atoms. The molecule has 0 aromatic heterocycles. The lowest BCUT2D eigenvalue weighted by molar-refractivity contribution is 0.340. The molecule has 0 amide bonds. The summed E-state index contributed by atoms with van der Waals surface area (Å²) in [5, 5.41) is 0. The second-order valence-corrected chi connectivity index (χ2v) is 4.87. The van der Waals surface area contributed by atoms with Gasteiger partial charge in [-0.25, -0.2) is 8.78 Å². The van der Waals surface area contributed by atoms with Gasteiger partial charge in [-0.1, -0.05) is 12.1 Å². The predicted octanol–water partition coefficient (Wildman–Crippen LogP) is 4.10. The van der Waals surface area contributed by atoms with Crippen LogP contribution in [0.1, 0.15) is 22.3 Å². The third-order valence-corrected chi connectivity index (χ3v) is 3.61. The maximum absolute atomic E-state index is 13.4. The van der Waals surface area contributed by atoms with Gasteiger partial charge in [0.15, 0.2) is 0 Å². The lowest BCUT2D eigenvalue weighted by Gasteiger charge is -2.11. The Morgan fingerprint density at radius 1 is 0.900 bits per heavy atom. The SMILES string of the molecule is COC=C1c2ccc(F)cc2CCc2cc(F)ccc21. The first-order valence-corrected chi connectivity index (χ1v) is 6.49. The molecule has 3 rings (SSSR count). The standard InChI is InChI=1S/C17H14F2O/c1-20-10-17-15-6-4-13(18)8-11(15)2-3-12-9-14(19)5-7-16(12)17/h4-10H,2-3H2,1H3. The average molecular weight is 272 g/mol. The number of aryl methyl sites for hydroxylation is 2. The number of ether oxygens (including phenoxy) is 1. The van der Waals surface area contributed by atoms with Crippen LogP contribution in [0.3, 0.4) is 0 Å². The van der Waals surface area contributed by atoms with E-state index < -0.39 is 0 Å². The van der Waals surface area contributed by atoms with E-state index in [1.54, 1.807) is 37.6 Å². The van der Waals surface area contributed by atoms with E-state index in [9.17, 15) is 8.78 Å². The van der Waals surface area contributed by atoms with Gasteiger partial charge in [-0.3, -0.25) is 0 Å². The Balaban J connectivity index is 2.24. The van der Waals surface area contributed by atoms with Crippen LogP contribution in [0.5, 0.6) is 0 Å². The minimum absolute atomic E-state index is 0.252. The summed E-state index contributed by atoms with van der Waals surface area (Å²) in [6.45, 7) is 0. The molecule has 0 heterocycles. The molecule has 0 saturated heterocycles. The van der Waals surface area contributed by atoms with Crippen LogP contribution in [-0.2, 0) is 17.6 Å². The zero-order valence-electron chi connectivity index (χ0n) is 11.1. The summed E-state index contributed by atoms with van der Waals surface area (Å²) in [5.41, 5.74) is 4.60. The first-order valence-electron chi connectivity index (χ1n) is 6.49. The Morgan fingerprint density at radius 3 is 1.85 bits per heavy atom. The molecule has 20 heavy (non-hydrogen) atoms. The van der Waals surface area contributed by atoms with Crippen molar-refractivity contribution in [1.82, 2.24) is 0 Å². The van der Waals surface area contributed by atoms with Crippen LogP contribution >= 0.6 is 0 Å². The van der Waals surface area contributed by atoms with E-state index in [-0.39, 0.29) is 11.6 Å². The van der Waals surface area contributed by atoms with E-state index in [0.29, 0.717) is 12.8 Å². The largest absolute Gasteiger partial charge is 0.504 e. The second-order valence-electron chi connectivity index (χ2n) is 4.87. The Labute approximate surface area is 116 Å². The Hall–Kier alpha value is -2.16. The molecule has 0 aliphatic heterocycles. The van der Waals surface area contributed by atoms with Gasteiger partial charge in [0.05, 0.1) is 13.4 Å². The molecule has 102 valence electrons. The maximum atomic E-state index is 13.4. The molecular weight excluding hydrogens is 258 g/mol. The molecule has 0 atom stereocenters. The van der Waals surface area contributed by atoms with Crippen molar-refractivity contribution >= 4 is 5.57 Å². The number of hydrogen-bond acceptors (Lipinski definition) is 1. The van der Waals surface area contributed by atoms with Crippen molar-refractivity contribution in [2.24, 2.45) is 0 Å². The predicted molar refractivity (Wildman–Crippen MR) is 74.3 cm³/mol. The summed E-state index contributed by atoms with van der Waals surface area (Å²) in [7, 11) is 1.57. The minimum Gasteiger partial charge on any atom is -0.504 e. The number of rotatable bonds is 1. The topological polar surface area (TPSA) is 9.23 Å². The third-order valence-electron chi connectivity index (χ3n) is 3.61. The fourth-order valence-electron chi connectivity index (χ4n) is 2.72. The zero-order valence-corrected chi connectivity index (χ0v) is 11.1. The summed E-state index contributed by atoms with van der Waals surface area (Å²) in [5.74, 6) is -0.504. The van der Waals surface area contributed by atoms with Crippen LogP contribution in [0.4, 0.5) is 8.78 Å². The summed E-state index contributed by atoms with van der Waals surface area (Å²) in [6.07, 6.45) is 3.01. The Morgan fingerprint density at radius 2 is 1.40 bits per heavy atom. The molecule has 0 bridgehead atoms. The molecule has 0 saturated carbocycles. The van der Waals surface area contributed by atoms with Crippen molar-refractivity contribution in [1.29, 1.82) is 0 Å². The highest BCUT2D eigenvalue weighted by atomic mass is 19.1. The van der Waals surface area contributed by atoms with Gasteiger partial charge < -0.3 is 4.74 Å². The van der Waals surface area contributed by atoms with Crippen LogP contribution in [0.25, 0.3) is 5.57 Å². The Kier molecular flexibility index (Phi) is 3.26. The van der Waals surface area contributed by atoms with Crippen LogP contribution in [0, 0.1) is 11.6 Å². The highest BCUT2D eigenvalue weighted by molar-refractivity contribution is 5.83. The lowest BCUT2D eigenvalue weighted by atomic mass is 9.95. The molecule has 2 aromatic carbocycles. The van der Waals surface area contributed by atoms with Gasteiger partial charge in [0.1, 0.15) is 11.6 Å². The van der Waals surface area contributed by atoms with Crippen molar-refractivity contribution in [2.75, 3.05) is 7.11 Å². The van der Waals surface area contributed by atoms with Crippen LogP contribution in [0.2, 0.25) is 0 Å². The van der Waals surface area contributed by atoms with Gasteiger partial charge in [0.2, 0.25) is 0 Å². The summed E-state index contributed by atoms with van der Waals surface area (Å²) >= 11 is 0. The molecule has 1 aliphatic rings. The number of hydrogen-bond donors (Lipinski definition) is 0. The molecule has 0 unspecified atom stereocenters. The van der Waals surface area contributed by atoms with Crippen molar-refractivity contribution < 1.29 is 13.5 Å². The normalized spacial score (nSPS) is 13.2. The van der Waals surface area contributed by atoms with Crippen molar-refractivity contribution in [3.05, 3.63) is 76.5 Å². The maximum Gasteiger partial charge on any atom is 0.123 e. The van der Waals surface area contributed by atoms with Crippen LogP contribution in [-0.4, -0.2) is 7.11 Å². The molecule has 0 radical (unpaired) electrons. The molecule has 2 aromatic rings. The monoisotopic (exact) mass is 272 g/mol. The molecule has 1 aliphatic carbocycles. The van der Waals surface area contributed by atoms with E-state index in [1.807, 2.05) is 0 Å². The minimum atomic E-state index is -0.252. The van der Waals surface area contributed by atoms with Gasteiger partial charge in [0.25, 0.3) is 0 Å². The summed E-state index contributed by atoms with van der Waals surface area (Å²) in [4.78, 5) is 0. The van der Waals surface area contributed by atoms with E-state index in [0.717, 1.165) is 27.8 Å². The van der Waals surface area contributed by atoms with E-state index in [2.05, 4.69) is 0 Å². The van der Waals surface area contributed by atoms with Crippen molar-refractivity contribution in [3.8, 4) is 0 Å². The van der Waals surface area contributed by atoms with Crippen molar-refractivity contribution in [2.45, 2.75) is 12.8 Å². The molecule has 0 fully saturated rings. The molecular formula is C17H14F2O. The van der Waals surface area contributed by atoms with E-state index in [4.69, 9.17) is 4.74 Å². The fraction of sp³-hybridized carbons (Fsp3) is 0.176. The van der Waals surface area contributed by atoms with Gasteiger partial charge in [-0.15, -0.1) is 0 Å². The highest BCUT2D eigenvalue weighted by Gasteiger charge is 2.19. The van der Waals surface area contributed by atoms with E-state index >= 15 is 0 Å². The number of halogens is 2. The molecule has 3 heteroatoms. The smallest absolute Gasteiger partial charge is 0.123 e. The summed E-state index contributed by atoms with van der Waals surface area (Å²) in [6, 6.07) is 9.48. The van der Waals surface area contributed by atoms with Crippen LogP contribution < -0.4 is 0 Å². The molecule has 1 nitrogen and oxygen atoms in total. The first-order chi connectivity index (χ1) is 9.69. The van der Waals surface area contributed by atoms with E-state index in [1.165, 1.54) is 12.1 Å². The number of methoxy groups -OCH3 is 1. The number of benzene rings is 2. The zero-order chi connectivity index (χ0) is 14.1. The Bertz CT molecular complexity index is 634. The van der Waals surface area contributed by atoms with Gasteiger partial charge in [0, 0.05) is 5.57 Å². The third kappa shape index (κ3) is 2.20.